The molecule has 0 bridgehead atoms. The smallest absolute Gasteiger partial charge is 0.331 e. The van der Waals surface area contributed by atoms with Crippen LogP contribution in [0, 0.1) is 22.7 Å². The van der Waals surface area contributed by atoms with E-state index in [2.05, 4.69) is 27.7 Å². The molecule has 1 N–H and O–H groups in total. The topological polar surface area (TPSA) is 46.5 Å². The van der Waals surface area contributed by atoms with E-state index in [1.807, 2.05) is 0 Å². The third-order valence-electron chi connectivity index (χ3n) is 7.47. The highest BCUT2D eigenvalue weighted by molar-refractivity contribution is 5.85. The molecule has 2 aliphatic carbocycles. The van der Waals surface area contributed by atoms with E-state index >= 15 is 0 Å². The van der Waals surface area contributed by atoms with Crippen LogP contribution in [0.5, 0.6) is 0 Å². The number of carbonyl (C=O) groups excluding carboxylic acids is 1. The van der Waals surface area contributed by atoms with Gasteiger partial charge < -0.3 is 9.84 Å². The lowest BCUT2D eigenvalue weighted by atomic mass is 9.44. The Morgan fingerprint density at radius 1 is 1.26 bits per heavy atom. The maximum absolute atomic E-state index is 11.8. The highest BCUT2D eigenvalue weighted by atomic mass is 16.5. The second-order valence-corrected chi connectivity index (χ2v) is 9.13. The van der Waals surface area contributed by atoms with Gasteiger partial charge in [-0.3, -0.25) is 0 Å². The summed E-state index contributed by atoms with van der Waals surface area (Å²) in [5.41, 5.74) is 0.694. The molecule has 1 unspecified atom stereocenters. The molecule has 0 radical (unpaired) electrons. The molecule has 0 aromatic rings. The van der Waals surface area contributed by atoms with Crippen molar-refractivity contribution in [3.05, 3.63) is 11.6 Å². The fourth-order valence-electron chi connectivity index (χ4n) is 6.01. The molecule has 1 aliphatic heterocycles. The summed E-state index contributed by atoms with van der Waals surface area (Å²) in [6.45, 7) is 9.73. The Kier molecular flexibility index (Phi) is 4.15. The van der Waals surface area contributed by atoms with Crippen molar-refractivity contribution in [3.63, 3.8) is 0 Å². The lowest BCUT2D eigenvalue weighted by molar-refractivity contribution is -0.211. The summed E-state index contributed by atoms with van der Waals surface area (Å²) in [4.78, 5) is 11.3. The van der Waals surface area contributed by atoms with E-state index in [0.717, 1.165) is 31.3 Å². The molecule has 2 saturated carbocycles. The molecular weight excluding hydrogens is 288 g/mol. The molecule has 3 nitrogen and oxygen atoms in total. The Morgan fingerprint density at radius 3 is 2.65 bits per heavy atom. The summed E-state index contributed by atoms with van der Waals surface area (Å²) >= 11 is 0. The second-order valence-electron chi connectivity index (χ2n) is 9.13. The summed E-state index contributed by atoms with van der Waals surface area (Å²) < 4.78 is 5.02. The first kappa shape index (κ1) is 17.0. The summed E-state index contributed by atoms with van der Waals surface area (Å²) in [6, 6.07) is 0. The molecule has 0 saturated heterocycles. The van der Waals surface area contributed by atoms with Crippen molar-refractivity contribution in [1.82, 2.24) is 0 Å². The van der Waals surface area contributed by atoms with Gasteiger partial charge >= 0.3 is 5.97 Å². The number of ether oxygens (including phenoxy) is 1. The lowest BCUT2D eigenvalue weighted by Gasteiger charge is -2.63. The minimum atomic E-state index is -0.639. The minimum Gasteiger partial charge on any atom is -0.458 e. The van der Waals surface area contributed by atoms with Crippen molar-refractivity contribution >= 4 is 5.97 Å². The van der Waals surface area contributed by atoms with Crippen LogP contribution in [-0.2, 0) is 9.53 Å². The molecule has 0 aromatic heterocycles. The third-order valence-corrected chi connectivity index (χ3v) is 7.47. The Balaban J connectivity index is 1.85. The fraction of sp³-hybridized carbons (Fsp3) is 0.850. The van der Waals surface area contributed by atoms with Gasteiger partial charge in [0, 0.05) is 6.08 Å². The molecule has 0 spiro atoms. The zero-order valence-electron chi connectivity index (χ0n) is 15.2. The van der Waals surface area contributed by atoms with Crippen LogP contribution in [0.3, 0.4) is 0 Å². The highest BCUT2D eigenvalue weighted by Crippen LogP contribution is 2.63. The van der Waals surface area contributed by atoms with Crippen molar-refractivity contribution in [2.45, 2.75) is 78.2 Å². The SMILES string of the molecule is C[C@@H]1CCC2C(C)(C)CCC[C@]2(C)[C@@]1(O)CCC1=CC(=O)OC1. The summed E-state index contributed by atoms with van der Waals surface area (Å²) in [5, 5.41) is 11.8. The minimum absolute atomic E-state index is 0.0174. The van der Waals surface area contributed by atoms with Gasteiger partial charge in [0.05, 0.1) is 5.60 Å². The van der Waals surface area contributed by atoms with Gasteiger partial charge in [0.2, 0.25) is 0 Å². The molecule has 23 heavy (non-hydrogen) atoms. The van der Waals surface area contributed by atoms with Gasteiger partial charge in [0.15, 0.2) is 0 Å². The van der Waals surface area contributed by atoms with Crippen LogP contribution in [0.1, 0.15) is 72.6 Å². The molecular formula is C20H32O3. The van der Waals surface area contributed by atoms with Crippen molar-refractivity contribution in [2.75, 3.05) is 6.61 Å². The van der Waals surface area contributed by atoms with Crippen LogP contribution in [-0.4, -0.2) is 23.3 Å². The van der Waals surface area contributed by atoms with Crippen LogP contribution in [0.25, 0.3) is 0 Å². The largest absolute Gasteiger partial charge is 0.458 e. The Bertz CT molecular complexity index is 521. The number of aliphatic hydroxyl groups is 1. The van der Waals surface area contributed by atoms with E-state index in [0.29, 0.717) is 23.9 Å². The fourth-order valence-corrected chi connectivity index (χ4v) is 6.01. The van der Waals surface area contributed by atoms with Crippen molar-refractivity contribution in [2.24, 2.45) is 22.7 Å². The first-order valence-corrected chi connectivity index (χ1v) is 9.28. The van der Waals surface area contributed by atoms with Crippen molar-refractivity contribution in [3.8, 4) is 0 Å². The van der Waals surface area contributed by atoms with Gasteiger partial charge in [0.25, 0.3) is 0 Å². The van der Waals surface area contributed by atoms with Gasteiger partial charge in [-0.15, -0.1) is 0 Å². The molecule has 3 aliphatic rings. The van der Waals surface area contributed by atoms with Crippen molar-refractivity contribution in [1.29, 1.82) is 0 Å². The van der Waals surface area contributed by atoms with E-state index in [1.54, 1.807) is 6.08 Å². The molecule has 3 rings (SSSR count). The zero-order valence-corrected chi connectivity index (χ0v) is 15.2. The van der Waals surface area contributed by atoms with E-state index in [1.165, 1.54) is 19.3 Å². The predicted octanol–water partition coefficient (Wildman–Crippen LogP) is 4.24. The van der Waals surface area contributed by atoms with E-state index in [-0.39, 0.29) is 11.4 Å². The molecule has 2 fully saturated rings. The van der Waals surface area contributed by atoms with Gasteiger partial charge in [-0.05, 0) is 66.8 Å². The number of rotatable bonds is 3. The maximum atomic E-state index is 11.8. The van der Waals surface area contributed by atoms with E-state index in [9.17, 15) is 9.90 Å². The molecule has 3 heteroatoms. The second kappa shape index (κ2) is 5.61. The standard InChI is InChI=1S/C20H32O3/c1-14-6-7-16-18(2,3)9-5-10-19(16,4)20(14,22)11-8-15-12-17(21)23-13-15/h12,14,16,22H,5-11,13H2,1-4H3/t14-,16?,19+,20-/m1/s1. The van der Waals surface area contributed by atoms with Crippen LogP contribution < -0.4 is 0 Å². The Morgan fingerprint density at radius 2 is 2.00 bits per heavy atom. The average Bonchev–Trinajstić information content (AvgIpc) is 2.87. The summed E-state index contributed by atoms with van der Waals surface area (Å²) in [7, 11) is 0. The predicted molar refractivity (Wildman–Crippen MR) is 90.9 cm³/mol. The maximum Gasteiger partial charge on any atom is 0.331 e. The van der Waals surface area contributed by atoms with E-state index < -0.39 is 5.60 Å². The number of cyclic esters (lactones) is 1. The van der Waals surface area contributed by atoms with Gasteiger partial charge in [-0.1, -0.05) is 34.1 Å². The van der Waals surface area contributed by atoms with Crippen molar-refractivity contribution < 1.29 is 14.6 Å². The number of fused-ring (bicyclic) bond motifs is 1. The van der Waals surface area contributed by atoms with Crippen LogP contribution in [0.15, 0.2) is 11.6 Å². The first-order valence-electron chi connectivity index (χ1n) is 9.28. The summed E-state index contributed by atoms with van der Waals surface area (Å²) in [6.07, 6.45) is 9.07. The van der Waals surface area contributed by atoms with Crippen LogP contribution in [0.2, 0.25) is 0 Å². The Hall–Kier alpha value is -0.830. The third kappa shape index (κ3) is 2.65. The highest BCUT2D eigenvalue weighted by Gasteiger charge is 2.60. The normalized spacial score (nSPS) is 42.8. The first-order chi connectivity index (χ1) is 10.7. The molecule has 0 aromatic carbocycles. The quantitative estimate of drug-likeness (QED) is 0.791. The van der Waals surface area contributed by atoms with Gasteiger partial charge in [0.1, 0.15) is 6.61 Å². The zero-order chi connectivity index (χ0) is 16.9. The lowest BCUT2D eigenvalue weighted by Crippen LogP contribution is -2.62. The Labute approximate surface area is 140 Å². The molecule has 0 amide bonds. The number of hydrogen-bond acceptors (Lipinski definition) is 3. The number of hydrogen-bond donors (Lipinski definition) is 1. The number of carbonyl (C=O) groups is 1. The number of esters is 1. The van der Waals surface area contributed by atoms with Crippen LogP contribution >= 0.6 is 0 Å². The monoisotopic (exact) mass is 320 g/mol. The van der Waals surface area contributed by atoms with Crippen LogP contribution in [0.4, 0.5) is 0 Å². The summed E-state index contributed by atoms with van der Waals surface area (Å²) in [5.74, 6) is 0.670. The molecule has 130 valence electrons. The van der Waals surface area contributed by atoms with Gasteiger partial charge in [-0.25, -0.2) is 4.79 Å². The van der Waals surface area contributed by atoms with E-state index in [4.69, 9.17) is 4.74 Å². The molecule has 1 heterocycles. The average molecular weight is 320 g/mol. The molecule has 4 atom stereocenters. The van der Waals surface area contributed by atoms with Gasteiger partial charge in [-0.2, -0.15) is 0 Å².